The minimum Gasteiger partial charge on any atom is -0.352 e. The van der Waals surface area contributed by atoms with Gasteiger partial charge in [-0.3, -0.25) is 9.59 Å². The lowest BCUT2D eigenvalue weighted by atomic mass is 9.89. The van der Waals surface area contributed by atoms with Gasteiger partial charge >= 0.3 is 0 Å². The summed E-state index contributed by atoms with van der Waals surface area (Å²) in [5, 5.41) is 5.82. The number of amides is 2. The quantitative estimate of drug-likeness (QED) is 0.898. The Bertz CT molecular complexity index is 626. The molecular weight excluding hydrogens is 283 g/mol. The zero-order chi connectivity index (χ0) is 15.3. The van der Waals surface area contributed by atoms with Gasteiger partial charge in [0.15, 0.2) is 0 Å². The van der Waals surface area contributed by atoms with Gasteiger partial charge in [-0.2, -0.15) is 0 Å². The number of anilines is 1. The SMILES string of the molecule is O=C1CC(C(=O)NC(C2CC2)C2CC2)c2ccc(F)cc2N1. The van der Waals surface area contributed by atoms with E-state index in [9.17, 15) is 14.0 Å². The molecule has 3 aliphatic rings. The molecule has 0 saturated heterocycles. The average Bonchev–Trinajstić information content (AvgIpc) is 3.37. The highest BCUT2D eigenvalue weighted by Gasteiger charge is 2.43. The van der Waals surface area contributed by atoms with Gasteiger partial charge in [-0.05, 0) is 55.2 Å². The van der Waals surface area contributed by atoms with E-state index >= 15 is 0 Å². The van der Waals surface area contributed by atoms with E-state index < -0.39 is 11.7 Å². The van der Waals surface area contributed by atoms with Gasteiger partial charge in [0.1, 0.15) is 5.82 Å². The van der Waals surface area contributed by atoms with Crippen molar-refractivity contribution < 1.29 is 14.0 Å². The molecule has 1 heterocycles. The number of hydrogen-bond acceptors (Lipinski definition) is 2. The molecule has 1 aromatic rings. The second-order valence-electron chi connectivity index (χ2n) is 6.75. The predicted molar refractivity (Wildman–Crippen MR) is 79.8 cm³/mol. The van der Waals surface area contributed by atoms with E-state index in [-0.39, 0.29) is 24.3 Å². The average molecular weight is 302 g/mol. The molecule has 1 aromatic carbocycles. The Hall–Kier alpha value is -1.91. The van der Waals surface area contributed by atoms with Gasteiger partial charge in [0.05, 0.1) is 5.92 Å². The lowest BCUT2D eigenvalue weighted by Crippen LogP contribution is -2.42. The molecule has 2 amide bonds. The maximum atomic E-state index is 13.3. The summed E-state index contributed by atoms with van der Waals surface area (Å²) in [5.74, 6) is -0.0134. The van der Waals surface area contributed by atoms with Gasteiger partial charge in [0.2, 0.25) is 11.8 Å². The van der Waals surface area contributed by atoms with Crippen molar-refractivity contribution in [1.82, 2.24) is 5.32 Å². The van der Waals surface area contributed by atoms with Crippen LogP contribution >= 0.6 is 0 Å². The van der Waals surface area contributed by atoms with E-state index in [4.69, 9.17) is 0 Å². The molecule has 0 radical (unpaired) electrons. The summed E-state index contributed by atoms with van der Waals surface area (Å²) in [7, 11) is 0. The molecule has 1 aliphatic heterocycles. The molecule has 0 spiro atoms. The Morgan fingerprint density at radius 2 is 1.91 bits per heavy atom. The maximum Gasteiger partial charge on any atom is 0.228 e. The molecule has 2 N–H and O–H groups in total. The number of carbonyl (C=O) groups is 2. The molecule has 0 aromatic heterocycles. The fourth-order valence-corrected chi connectivity index (χ4v) is 3.47. The second-order valence-corrected chi connectivity index (χ2v) is 6.75. The fraction of sp³-hybridized carbons (Fsp3) is 0.529. The topological polar surface area (TPSA) is 58.2 Å². The highest BCUT2D eigenvalue weighted by molar-refractivity contribution is 6.01. The van der Waals surface area contributed by atoms with Gasteiger partial charge in [-0.25, -0.2) is 4.39 Å². The largest absolute Gasteiger partial charge is 0.352 e. The van der Waals surface area contributed by atoms with E-state index in [1.807, 2.05) is 0 Å². The lowest BCUT2D eigenvalue weighted by Gasteiger charge is -2.27. The molecule has 2 fully saturated rings. The van der Waals surface area contributed by atoms with Crippen molar-refractivity contribution in [2.75, 3.05) is 5.32 Å². The summed E-state index contributed by atoms with van der Waals surface area (Å²) in [6.07, 6.45) is 4.89. The molecule has 2 saturated carbocycles. The van der Waals surface area contributed by atoms with Gasteiger partial charge in [0.25, 0.3) is 0 Å². The van der Waals surface area contributed by atoms with Crippen LogP contribution in [0.3, 0.4) is 0 Å². The summed E-state index contributed by atoms with van der Waals surface area (Å²) >= 11 is 0. The number of carbonyl (C=O) groups excluding carboxylic acids is 2. The van der Waals surface area contributed by atoms with Crippen LogP contribution in [0.4, 0.5) is 10.1 Å². The predicted octanol–water partition coefficient (Wildman–Crippen LogP) is 2.56. The van der Waals surface area contributed by atoms with E-state index in [0.29, 0.717) is 23.1 Å². The first-order valence-electron chi connectivity index (χ1n) is 8.01. The van der Waals surface area contributed by atoms with Crippen molar-refractivity contribution in [3.8, 4) is 0 Å². The molecule has 2 aliphatic carbocycles. The Morgan fingerprint density at radius 3 is 2.55 bits per heavy atom. The first-order valence-corrected chi connectivity index (χ1v) is 8.01. The zero-order valence-corrected chi connectivity index (χ0v) is 12.3. The Balaban J connectivity index is 1.56. The third-order valence-corrected chi connectivity index (χ3v) is 4.94. The van der Waals surface area contributed by atoms with E-state index in [0.717, 1.165) is 0 Å². The van der Waals surface area contributed by atoms with Crippen LogP contribution in [0.15, 0.2) is 18.2 Å². The Labute approximate surface area is 128 Å². The van der Waals surface area contributed by atoms with Crippen LogP contribution in [0, 0.1) is 17.7 Å². The third kappa shape index (κ3) is 2.60. The van der Waals surface area contributed by atoms with Crippen LogP contribution in [0.25, 0.3) is 0 Å². The normalized spacial score (nSPS) is 23.9. The molecule has 116 valence electrons. The van der Waals surface area contributed by atoms with Gasteiger partial charge in [-0.15, -0.1) is 0 Å². The summed E-state index contributed by atoms with van der Waals surface area (Å²) in [6.45, 7) is 0. The van der Waals surface area contributed by atoms with E-state index in [1.165, 1.54) is 37.8 Å². The third-order valence-electron chi connectivity index (χ3n) is 4.94. The van der Waals surface area contributed by atoms with Crippen molar-refractivity contribution in [3.63, 3.8) is 0 Å². The second kappa shape index (κ2) is 5.07. The molecule has 5 heteroatoms. The number of fused-ring (bicyclic) bond motifs is 1. The van der Waals surface area contributed by atoms with Gasteiger partial charge in [-0.1, -0.05) is 6.07 Å². The molecule has 22 heavy (non-hydrogen) atoms. The maximum absolute atomic E-state index is 13.3. The molecule has 4 nitrogen and oxygen atoms in total. The van der Waals surface area contributed by atoms with E-state index in [1.54, 1.807) is 6.07 Å². The Morgan fingerprint density at radius 1 is 1.23 bits per heavy atom. The summed E-state index contributed by atoms with van der Waals surface area (Å²) in [6, 6.07) is 4.50. The van der Waals surface area contributed by atoms with Crippen molar-refractivity contribution in [1.29, 1.82) is 0 Å². The highest BCUT2D eigenvalue weighted by atomic mass is 19.1. The number of halogens is 1. The Kier molecular flexibility index (Phi) is 3.17. The molecule has 1 unspecified atom stereocenters. The number of hydrogen-bond donors (Lipinski definition) is 2. The fourth-order valence-electron chi connectivity index (χ4n) is 3.47. The minimum atomic E-state index is -0.510. The zero-order valence-electron chi connectivity index (χ0n) is 12.3. The first-order chi connectivity index (χ1) is 10.6. The van der Waals surface area contributed by atoms with Crippen LogP contribution < -0.4 is 10.6 Å². The molecule has 4 rings (SSSR count). The van der Waals surface area contributed by atoms with E-state index in [2.05, 4.69) is 10.6 Å². The van der Waals surface area contributed by atoms with Crippen LogP contribution in [0.2, 0.25) is 0 Å². The van der Waals surface area contributed by atoms with Crippen LogP contribution in [-0.4, -0.2) is 17.9 Å². The number of nitrogens with one attached hydrogen (secondary N) is 2. The standard InChI is InChI=1S/C17H19FN2O2/c18-11-5-6-12-13(8-15(21)19-14(12)7-11)17(22)20-16(9-1-2-9)10-3-4-10/h5-7,9-10,13,16H,1-4,8H2,(H,19,21)(H,20,22). The smallest absolute Gasteiger partial charge is 0.228 e. The van der Waals surface area contributed by atoms with Gasteiger partial charge < -0.3 is 10.6 Å². The van der Waals surface area contributed by atoms with Crippen LogP contribution in [0.1, 0.15) is 43.6 Å². The summed E-state index contributed by atoms with van der Waals surface area (Å²) in [4.78, 5) is 24.5. The first kappa shape index (κ1) is 13.7. The van der Waals surface area contributed by atoms with Gasteiger partial charge in [0, 0.05) is 18.2 Å². The molecule has 1 atom stereocenters. The number of benzene rings is 1. The molecular formula is C17H19FN2O2. The van der Waals surface area contributed by atoms with Crippen molar-refractivity contribution in [2.45, 2.75) is 44.1 Å². The lowest BCUT2D eigenvalue weighted by molar-refractivity contribution is -0.127. The number of rotatable bonds is 4. The van der Waals surface area contributed by atoms with Crippen molar-refractivity contribution >= 4 is 17.5 Å². The monoisotopic (exact) mass is 302 g/mol. The van der Waals surface area contributed by atoms with Crippen LogP contribution in [-0.2, 0) is 9.59 Å². The minimum absolute atomic E-state index is 0.0912. The van der Waals surface area contributed by atoms with Crippen molar-refractivity contribution in [2.24, 2.45) is 11.8 Å². The van der Waals surface area contributed by atoms with Crippen molar-refractivity contribution in [3.05, 3.63) is 29.6 Å². The summed E-state index contributed by atoms with van der Waals surface area (Å²) < 4.78 is 13.3. The summed E-state index contributed by atoms with van der Waals surface area (Å²) in [5.41, 5.74) is 1.13. The van der Waals surface area contributed by atoms with Crippen LogP contribution in [0.5, 0.6) is 0 Å². The molecule has 0 bridgehead atoms. The highest BCUT2D eigenvalue weighted by Crippen LogP contribution is 2.45.